The summed E-state index contributed by atoms with van der Waals surface area (Å²) in [4.78, 5) is 4.09. The first-order valence-corrected chi connectivity index (χ1v) is 6.35. The van der Waals surface area contributed by atoms with E-state index in [1.807, 2.05) is 0 Å². The number of nitrogen functional groups attached to an aromatic ring is 1. The summed E-state index contributed by atoms with van der Waals surface area (Å²) in [6, 6.07) is 1.77. The van der Waals surface area contributed by atoms with Crippen molar-refractivity contribution in [2.75, 3.05) is 5.73 Å². The lowest BCUT2D eigenvalue weighted by atomic mass is 9.82. The molecule has 0 spiro atoms. The summed E-state index contributed by atoms with van der Waals surface area (Å²) in [7, 11) is 0. The summed E-state index contributed by atoms with van der Waals surface area (Å²) in [6.07, 6.45) is 8.17. The number of hydrogen-bond acceptors (Lipinski definition) is 3. The van der Waals surface area contributed by atoms with E-state index in [2.05, 4.69) is 18.8 Å². The molecule has 0 amide bonds. The Labute approximate surface area is 103 Å². The van der Waals surface area contributed by atoms with Gasteiger partial charge in [0.05, 0.1) is 5.60 Å². The summed E-state index contributed by atoms with van der Waals surface area (Å²) in [6.45, 7) is 4.54. The summed E-state index contributed by atoms with van der Waals surface area (Å²) in [5.74, 6) is 0. The number of aliphatic hydroxyl groups is 1. The predicted octanol–water partition coefficient (Wildman–Crippen LogP) is 2.84. The third-order valence-corrected chi connectivity index (χ3v) is 4.02. The van der Waals surface area contributed by atoms with Gasteiger partial charge in [-0.25, -0.2) is 0 Å². The van der Waals surface area contributed by atoms with E-state index in [0.29, 0.717) is 11.1 Å². The van der Waals surface area contributed by atoms with Gasteiger partial charge >= 0.3 is 0 Å². The number of anilines is 1. The number of aromatic nitrogens is 1. The fraction of sp³-hybridized carbons (Fsp3) is 0.643. The van der Waals surface area contributed by atoms with Crippen molar-refractivity contribution in [3.05, 3.63) is 24.0 Å². The van der Waals surface area contributed by atoms with E-state index >= 15 is 0 Å². The van der Waals surface area contributed by atoms with E-state index in [-0.39, 0.29) is 0 Å². The predicted molar refractivity (Wildman–Crippen MR) is 69.4 cm³/mol. The first kappa shape index (κ1) is 12.4. The van der Waals surface area contributed by atoms with E-state index < -0.39 is 5.60 Å². The number of nitrogens with two attached hydrogens (primary N) is 1. The average Bonchev–Trinajstić information content (AvgIpc) is 2.40. The molecule has 0 saturated heterocycles. The molecule has 3 heteroatoms. The Morgan fingerprint density at radius 1 is 1.24 bits per heavy atom. The fourth-order valence-electron chi connectivity index (χ4n) is 2.72. The molecule has 1 aliphatic rings. The zero-order chi connectivity index (χ0) is 12.5. The molecule has 0 aromatic carbocycles. The first-order chi connectivity index (χ1) is 7.93. The Bertz CT molecular complexity index is 403. The van der Waals surface area contributed by atoms with Crippen LogP contribution in [0.2, 0.25) is 0 Å². The lowest BCUT2D eigenvalue weighted by Gasteiger charge is -2.29. The highest BCUT2D eigenvalue weighted by atomic mass is 16.3. The number of rotatable bonds is 1. The van der Waals surface area contributed by atoms with E-state index in [1.54, 1.807) is 18.5 Å². The molecule has 2 rings (SSSR count). The molecule has 1 unspecified atom stereocenters. The van der Waals surface area contributed by atoms with Crippen molar-refractivity contribution in [2.45, 2.75) is 51.6 Å². The van der Waals surface area contributed by atoms with Gasteiger partial charge in [0.1, 0.15) is 0 Å². The monoisotopic (exact) mass is 234 g/mol. The topological polar surface area (TPSA) is 59.1 Å². The average molecular weight is 234 g/mol. The van der Waals surface area contributed by atoms with Crippen molar-refractivity contribution < 1.29 is 5.11 Å². The molecule has 1 aromatic rings. The minimum Gasteiger partial charge on any atom is -0.398 e. The molecule has 1 saturated carbocycles. The minimum atomic E-state index is -0.786. The fourth-order valence-corrected chi connectivity index (χ4v) is 2.72. The van der Waals surface area contributed by atoms with Gasteiger partial charge in [-0.15, -0.1) is 0 Å². The number of hydrogen-bond donors (Lipinski definition) is 2. The Morgan fingerprint density at radius 3 is 2.71 bits per heavy atom. The van der Waals surface area contributed by atoms with Crippen molar-refractivity contribution >= 4 is 5.69 Å². The highest BCUT2D eigenvalue weighted by Gasteiger charge is 2.36. The van der Waals surface area contributed by atoms with Crippen molar-refractivity contribution in [1.82, 2.24) is 4.98 Å². The zero-order valence-corrected chi connectivity index (χ0v) is 10.7. The maximum atomic E-state index is 10.8. The van der Waals surface area contributed by atoms with Crippen LogP contribution in [0.15, 0.2) is 18.5 Å². The second-order valence-corrected chi connectivity index (χ2v) is 6.01. The maximum Gasteiger partial charge on any atom is 0.0931 e. The second-order valence-electron chi connectivity index (χ2n) is 6.01. The van der Waals surface area contributed by atoms with E-state index in [9.17, 15) is 5.11 Å². The van der Waals surface area contributed by atoms with Gasteiger partial charge in [-0.3, -0.25) is 4.98 Å². The molecule has 1 aromatic heterocycles. The molecule has 1 aliphatic carbocycles. The Hall–Kier alpha value is -1.09. The van der Waals surface area contributed by atoms with Gasteiger partial charge in [0.2, 0.25) is 0 Å². The van der Waals surface area contributed by atoms with Gasteiger partial charge in [-0.2, -0.15) is 0 Å². The highest BCUT2D eigenvalue weighted by Crippen LogP contribution is 2.43. The Morgan fingerprint density at radius 2 is 2.00 bits per heavy atom. The van der Waals surface area contributed by atoms with Crippen LogP contribution in [-0.2, 0) is 5.60 Å². The molecule has 0 radical (unpaired) electrons. The molecule has 94 valence electrons. The van der Waals surface area contributed by atoms with Gasteiger partial charge < -0.3 is 10.8 Å². The number of nitrogens with zero attached hydrogens (tertiary/aromatic N) is 1. The van der Waals surface area contributed by atoms with Crippen LogP contribution >= 0.6 is 0 Å². The van der Waals surface area contributed by atoms with Gasteiger partial charge in [0.25, 0.3) is 0 Å². The van der Waals surface area contributed by atoms with Crippen molar-refractivity contribution in [1.29, 1.82) is 0 Å². The van der Waals surface area contributed by atoms with Crippen LogP contribution in [0, 0.1) is 5.41 Å². The van der Waals surface area contributed by atoms with E-state index in [1.165, 1.54) is 0 Å². The van der Waals surface area contributed by atoms with Gasteiger partial charge in [0, 0.05) is 23.6 Å². The van der Waals surface area contributed by atoms with Crippen LogP contribution in [0.25, 0.3) is 0 Å². The summed E-state index contributed by atoms with van der Waals surface area (Å²) in [5, 5.41) is 10.8. The Balaban J connectivity index is 2.28. The van der Waals surface area contributed by atoms with E-state index in [4.69, 9.17) is 5.73 Å². The lowest BCUT2D eigenvalue weighted by molar-refractivity contribution is 0.0184. The third-order valence-electron chi connectivity index (χ3n) is 4.02. The van der Waals surface area contributed by atoms with Gasteiger partial charge in [-0.1, -0.05) is 13.8 Å². The summed E-state index contributed by atoms with van der Waals surface area (Å²) >= 11 is 0. The molecule has 3 nitrogen and oxygen atoms in total. The summed E-state index contributed by atoms with van der Waals surface area (Å²) < 4.78 is 0. The molecular weight excluding hydrogens is 212 g/mol. The van der Waals surface area contributed by atoms with Crippen LogP contribution < -0.4 is 5.73 Å². The molecule has 17 heavy (non-hydrogen) atoms. The minimum absolute atomic E-state index is 0.321. The van der Waals surface area contributed by atoms with Crippen molar-refractivity contribution in [3.63, 3.8) is 0 Å². The van der Waals surface area contributed by atoms with Gasteiger partial charge in [-0.05, 0) is 43.6 Å². The van der Waals surface area contributed by atoms with Crippen LogP contribution in [0.3, 0.4) is 0 Å². The zero-order valence-electron chi connectivity index (χ0n) is 10.7. The van der Waals surface area contributed by atoms with Gasteiger partial charge in [0.15, 0.2) is 0 Å². The van der Waals surface area contributed by atoms with Crippen LogP contribution in [0.1, 0.15) is 51.5 Å². The molecule has 0 aliphatic heterocycles. The maximum absolute atomic E-state index is 10.8. The van der Waals surface area contributed by atoms with E-state index in [0.717, 1.165) is 37.7 Å². The largest absolute Gasteiger partial charge is 0.398 e. The second kappa shape index (κ2) is 4.30. The van der Waals surface area contributed by atoms with Crippen LogP contribution in [0.4, 0.5) is 5.69 Å². The molecule has 1 heterocycles. The highest BCUT2D eigenvalue weighted by molar-refractivity contribution is 5.47. The van der Waals surface area contributed by atoms with Crippen molar-refractivity contribution in [3.8, 4) is 0 Å². The standard InChI is InChI=1S/C14H22N2O/c1-13(2)5-3-6-14(17,8-7-13)11-10-16-9-4-12(11)15/h4,9-10,17H,3,5-8H2,1-2H3,(H2,15,16). The van der Waals surface area contributed by atoms with Crippen molar-refractivity contribution in [2.24, 2.45) is 5.41 Å². The number of pyridine rings is 1. The first-order valence-electron chi connectivity index (χ1n) is 6.35. The Kier molecular flexibility index (Phi) is 3.13. The normalized spacial score (nSPS) is 28.6. The SMILES string of the molecule is CC1(C)CCCC(O)(c2cnccc2N)CC1. The van der Waals surface area contributed by atoms with Crippen LogP contribution in [-0.4, -0.2) is 10.1 Å². The quantitative estimate of drug-likeness (QED) is 0.735. The molecule has 1 atom stereocenters. The molecule has 1 fully saturated rings. The summed E-state index contributed by atoms with van der Waals surface area (Å²) in [5.41, 5.74) is 6.95. The molecule has 0 bridgehead atoms. The third kappa shape index (κ3) is 2.60. The molecular formula is C14H22N2O. The lowest BCUT2D eigenvalue weighted by Crippen LogP contribution is -2.26. The smallest absolute Gasteiger partial charge is 0.0931 e. The molecule has 3 N–H and O–H groups in total. The van der Waals surface area contributed by atoms with Crippen LogP contribution in [0.5, 0.6) is 0 Å².